The maximum Gasteiger partial charge on any atom is 2.00 e. The number of halogens is 2. The van der Waals surface area contributed by atoms with Crippen LogP contribution >= 0.6 is 0 Å². The quantitative estimate of drug-likeness (QED) is 0.165. The van der Waals surface area contributed by atoms with Crippen molar-refractivity contribution in [1.29, 1.82) is 0 Å². The van der Waals surface area contributed by atoms with Crippen LogP contribution in [0, 0.1) is 12.2 Å². The number of fused-ring (bicyclic) bond motifs is 2. The van der Waals surface area contributed by atoms with Crippen molar-refractivity contribution in [3.05, 3.63) is 121 Å². The Morgan fingerprint density at radius 2 is 0.979 bits per heavy atom. The average molecular weight is 780 g/mol. The van der Waals surface area contributed by atoms with E-state index < -0.39 is 16.1 Å². The van der Waals surface area contributed by atoms with Crippen LogP contribution in [0.25, 0.3) is 21.5 Å². The van der Waals surface area contributed by atoms with Gasteiger partial charge in [0.2, 0.25) is 0 Å². The average Bonchev–Trinajstić information content (AvgIpc) is 3.86. The summed E-state index contributed by atoms with van der Waals surface area (Å²) in [6.07, 6.45) is 28.5. The Hall–Kier alpha value is -0.938. The number of unbranched alkanes of at least 4 members (excludes halogenated alkanes) is 2. The molecule has 0 saturated carbocycles. The molecule has 0 amide bonds. The molecule has 4 aliphatic rings. The van der Waals surface area contributed by atoms with E-state index in [0.717, 1.165) is 12.8 Å². The minimum atomic E-state index is -1.05. The molecule has 252 valence electrons. The van der Waals surface area contributed by atoms with Gasteiger partial charge in [0.15, 0.2) is 0 Å². The van der Waals surface area contributed by atoms with Gasteiger partial charge >= 0.3 is 43.4 Å². The van der Waals surface area contributed by atoms with Gasteiger partial charge in [-0.25, -0.2) is 24.3 Å². The summed E-state index contributed by atoms with van der Waals surface area (Å²) in [5, 5.41) is 9.58. The molecular weight excluding hydrogens is 727 g/mol. The van der Waals surface area contributed by atoms with Gasteiger partial charge in [0.25, 0.3) is 0 Å². The Morgan fingerprint density at radius 3 is 1.25 bits per heavy atom. The Labute approximate surface area is 336 Å². The molecule has 48 heavy (non-hydrogen) atoms. The molecule has 2 aliphatic carbocycles. The van der Waals surface area contributed by atoms with Crippen molar-refractivity contribution in [1.82, 2.24) is 0 Å². The largest absolute Gasteiger partial charge is 2.00 e. The third-order valence-corrected chi connectivity index (χ3v) is 21.3. The molecule has 0 radical (unpaired) electrons. The number of allylic oxidation sites excluding steroid dienone is 8. The van der Waals surface area contributed by atoms with E-state index in [0.29, 0.717) is 0 Å². The van der Waals surface area contributed by atoms with E-state index >= 15 is 0 Å². The zero-order valence-electron chi connectivity index (χ0n) is 29.0. The van der Waals surface area contributed by atoms with E-state index in [-0.39, 0.29) is 68.2 Å². The van der Waals surface area contributed by atoms with E-state index in [4.69, 9.17) is 0 Å². The molecule has 0 aromatic heterocycles. The summed E-state index contributed by atoms with van der Waals surface area (Å²) in [5.41, 5.74) is 0. The molecule has 0 unspecified atom stereocenters. The first-order chi connectivity index (χ1) is 21.7. The van der Waals surface area contributed by atoms with Crippen molar-refractivity contribution in [2.75, 3.05) is 0 Å². The summed E-state index contributed by atoms with van der Waals surface area (Å²) >= 11 is 0. The van der Waals surface area contributed by atoms with Crippen LogP contribution in [-0.2, 0) is 43.4 Å². The second kappa shape index (κ2) is 23.5. The van der Waals surface area contributed by atoms with Crippen LogP contribution in [0.2, 0.25) is 36.3 Å². The molecule has 8 rings (SSSR count). The molecule has 4 aromatic rings. The summed E-state index contributed by atoms with van der Waals surface area (Å²) in [6, 6.07) is 36.7. The number of hydrogen-bond acceptors (Lipinski definition) is 0. The third-order valence-electron chi connectivity index (χ3n) is 10.3. The Bertz CT molecular complexity index is 1430. The van der Waals surface area contributed by atoms with E-state index in [1.807, 2.05) is 24.3 Å². The van der Waals surface area contributed by atoms with Gasteiger partial charge in [-0.1, -0.05) is 101 Å². The third kappa shape index (κ3) is 11.5. The fourth-order valence-electron chi connectivity index (χ4n) is 7.45. The van der Waals surface area contributed by atoms with Crippen molar-refractivity contribution in [3.63, 3.8) is 0 Å². The fourth-order valence-corrected chi connectivity index (χ4v) is 17.0. The minimum Gasteiger partial charge on any atom is -1.00 e. The molecule has 0 atom stereocenters. The Kier molecular flexibility index (Phi) is 22.1. The monoisotopic (exact) mass is 778 g/mol. The molecule has 2 heterocycles. The molecule has 0 nitrogen and oxygen atoms in total. The van der Waals surface area contributed by atoms with E-state index in [2.05, 4.69) is 111 Å². The van der Waals surface area contributed by atoms with Crippen LogP contribution in [0.5, 0.6) is 0 Å². The van der Waals surface area contributed by atoms with Gasteiger partial charge in [0.05, 0.1) is 0 Å². The van der Waals surface area contributed by atoms with Crippen LogP contribution in [0.3, 0.4) is 0 Å². The predicted octanol–water partition coefficient (Wildman–Crippen LogP) is 5.45. The van der Waals surface area contributed by atoms with E-state index in [1.54, 1.807) is 45.3 Å². The second-order valence-electron chi connectivity index (χ2n) is 13.1. The zero-order chi connectivity index (χ0) is 30.5. The van der Waals surface area contributed by atoms with Crippen molar-refractivity contribution in [2.24, 2.45) is 0 Å². The van der Waals surface area contributed by atoms with Crippen molar-refractivity contribution in [3.8, 4) is 0 Å². The van der Waals surface area contributed by atoms with Gasteiger partial charge in [0, 0.05) is 16.1 Å². The maximum absolute atomic E-state index is 2.99. The first kappa shape index (κ1) is 45.1. The molecular formula is C42H52Cl2Si2Ti2-2. The topological polar surface area (TPSA) is 0 Å². The van der Waals surface area contributed by atoms with Gasteiger partial charge in [-0.3, -0.25) is 12.2 Å². The zero-order valence-corrected chi connectivity index (χ0v) is 35.7. The molecule has 0 N–H and O–H groups in total. The molecule has 6 heteroatoms. The summed E-state index contributed by atoms with van der Waals surface area (Å²) in [5.74, 6) is 0. The van der Waals surface area contributed by atoms with E-state index in [9.17, 15) is 0 Å². The van der Waals surface area contributed by atoms with Crippen LogP contribution < -0.4 is 35.2 Å². The SMILES string of the molecule is CCCC[Si]1([c-]2ccc3ccccc32)CCC1.CCCC[Si]1([c-]2ccc3ccccc32)CCC1.[C-]1=CC=CC1.[C-]1=CC=CC1.[Cl-].[Cl-].[Ti+2].[Ti+2]. The van der Waals surface area contributed by atoms with Crippen molar-refractivity contribution < 1.29 is 68.2 Å². The molecule has 0 bridgehead atoms. The van der Waals surface area contributed by atoms with Crippen LogP contribution in [-0.4, -0.2) is 16.1 Å². The molecule has 2 fully saturated rings. The summed E-state index contributed by atoms with van der Waals surface area (Å²) in [7, 11) is -2.10. The van der Waals surface area contributed by atoms with E-state index in [1.165, 1.54) is 61.4 Å². The van der Waals surface area contributed by atoms with Gasteiger partial charge < -0.3 is 24.8 Å². The molecule has 2 aliphatic heterocycles. The standard InChI is InChI=1S/2C16H21Si.2C5H5.2ClH.2Ti/c2*1-2-3-11-17(12-6-13-17)16-10-9-14-7-4-5-8-15(14)16;2*1-2-4-5-3-1;;;;/h2*4-5,7-10H,2-3,6,11-13H2,1H3;2*1-3H,4H2;2*1H;;/q4*-1;;;2*+2/p-2. The molecule has 2 saturated heterocycles. The maximum atomic E-state index is 2.99. The number of rotatable bonds is 8. The first-order valence-electron chi connectivity index (χ1n) is 17.4. The fraction of sp³-hybridized carbons (Fsp3) is 0.381. The number of hydrogen-bond donors (Lipinski definition) is 0. The van der Waals surface area contributed by atoms with Gasteiger partial charge in [0.1, 0.15) is 0 Å². The van der Waals surface area contributed by atoms with Gasteiger partial charge in [-0.15, -0.1) is 81.2 Å². The normalized spacial score (nSPS) is 16.5. The summed E-state index contributed by atoms with van der Waals surface area (Å²) in [6.45, 7) is 4.65. The Morgan fingerprint density at radius 1 is 0.583 bits per heavy atom. The molecule has 4 aromatic carbocycles. The summed E-state index contributed by atoms with van der Waals surface area (Å²) in [4.78, 5) is 0. The number of benzene rings is 2. The van der Waals surface area contributed by atoms with Crippen LogP contribution in [0.4, 0.5) is 0 Å². The van der Waals surface area contributed by atoms with Gasteiger partial charge in [-0.05, 0) is 0 Å². The van der Waals surface area contributed by atoms with Crippen molar-refractivity contribution >= 4 is 48.1 Å². The van der Waals surface area contributed by atoms with Gasteiger partial charge in [-0.2, -0.15) is 36.4 Å². The summed E-state index contributed by atoms with van der Waals surface area (Å²) < 4.78 is 0. The predicted molar refractivity (Wildman–Crippen MR) is 201 cm³/mol. The second-order valence-corrected chi connectivity index (χ2v) is 22.3. The first-order valence-corrected chi connectivity index (χ1v) is 22.7. The van der Waals surface area contributed by atoms with Crippen LogP contribution in [0.15, 0.2) is 109 Å². The Balaban J connectivity index is 0.000000350. The van der Waals surface area contributed by atoms with Crippen molar-refractivity contribution in [2.45, 2.75) is 101 Å². The minimum absolute atomic E-state index is 0. The van der Waals surface area contributed by atoms with Crippen LogP contribution in [0.1, 0.15) is 65.2 Å². The smallest absolute Gasteiger partial charge is 1.00 e. The molecule has 0 spiro atoms.